The summed E-state index contributed by atoms with van der Waals surface area (Å²) in [5.74, 6) is -0.0392. The van der Waals surface area contributed by atoms with Crippen molar-refractivity contribution >= 4 is 28.5 Å². The van der Waals surface area contributed by atoms with E-state index in [4.69, 9.17) is 0 Å². The molecular formula is C13H16INO2. The highest BCUT2D eigenvalue weighted by Gasteiger charge is 2.21. The van der Waals surface area contributed by atoms with Crippen LogP contribution in [0.25, 0.3) is 0 Å². The van der Waals surface area contributed by atoms with Crippen LogP contribution in [0.5, 0.6) is 0 Å². The Hall–Kier alpha value is -0.620. The maximum Gasteiger partial charge on any atom is 0.251 e. The molecule has 0 bridgehead atoms. The number of nitrogens with one attached hydrogen (secondary N) is 1. The van der Waals surface area contributed by atoms with Gasteiger partial charge in [-0.15, -0.1) is 0 Å². The summed E-state index contributed by atoms with van der Waals surface area (Å²) in [6, 6.07) is 7.64. The molecule has 1 aliphatic carbocycles. The normalized spacial score (nSPS) is 24.4. The van der Waals surface area contributed by atoms with Crippen molar-refractivity contribution in [2.45, 2.75) is 37.8 Å². The van der Waals surface area contributed by atoms with Gasteiger partial charge in [-0.2, -0.15) is 0 Å². The van der Waals surface area contributed by atoms with Gasteiger partial charge >= 0.3 is 0 Å². The number of hydrogen-bond acceptors (Lipinski definition) is 2. The van der Waals surface area contributed by atoms with Crippen molar-refractivity contribution in [3.05, 3.63) is 33.4 Å². The number of aliphatic hydroxyl groups excluding tert-OH is 1. The summed E-state index contributed by atoms with van der Waals surface area (Å²) in [6.07, 6.45) is 3.22. The van der Waals surface area contributed by atoms with E-state index in [1.807, 2.05) is 24.3 Å². The summed E-state index contributed by atoms with van der Waals surface area (Å²) in [6.45, 7) is 0. The molecule has 4 heteroatoms. The Morgan fingerprint density at radius 3 is 2.94 bits per heavy atom. The SMILES string of the molecule is O=C(NC1CCCC(O)C1)c1cccc(I)c1. The first-order chi connectivity index (χ1) is 8.15. The van der Waals surface area contributed by atoms with E-state index in [2.05, 4.69) is 27.9 Å². The zero-order chi connectivity index (χ0) is 12.3. The highest BCUT2D eigenvalue weighted by atomic mass is 127. The molecular weight excluding hydrogens is 329 g/mol. The molecule has 0 radical (unpaired) electrons. The summed E-state index contributed by atoms with van der Waals surface area (Å²) in [7, 11) is 0. The molecule has 3 nitrogen and oxygen atoms in total. The molecule has 1 aliphatic rings. The van der Waals surface area contributed by atoms with Gasteiger partial charge in [0.05, 0.1) is 6.10 Å². The predicted molar refractivity (Wildman–Crippen MR) is 74.9 cm³/mol. The number of hydrogen-bond donors (Lipinski definition) is 2. The standard InChI is InChI=1S/C13H16INO2/c14-10-4-1-3-9(7-10)13(17)15-11-5-2-6-12(16)8-11/h1,3-4,7,11-12,16H,2,5-6,8H2,(H,15,17). The first-order valence-corrected chi connectivity index (χ1v) is 6.97. The van der Waals surface area contributed by atoms with Crippen LogP contribution in [0, 0.1) is 3.57 Å². The van der Waals surface area contributed by atoms with Crippen molar-refractivity contribution in [3.63, 3.8) is 0 Å². The molecule has 0 heterocycles. The maximum atomic E-state index is 12.0. The van der Waals surface area contributed by atoms with E-state index in [1.54, 1.807) is 0 Å². The Bertz CT molecular complexity index is 408. The molecule has 1 fully saturated rings. The number of aliphatic hydroxyl groups is 1. The van der Waals surface area contributed by atoms with Gasteiger partial charge in [-0.05, 0) is 66.5 Å². The van der Waals surface area contributed by atoms with Gasteiger partial charge in [0.1, 0.15) is 0 Å². The monoisotopic (exact) mass is 345 g/mol. The second-order valence-corrected chi connectivity index (χ2v) is 5.75. The number of benzene rings is 1. The van der Waals surface area contributed by atoms with Crippen LogP contribution in [-0.4, -0.2) is 23.2 Å². The van der Waals surface area contributed by atoms with E-state index >= 15 is 0 Å². The number of rotatable bonds is 2. The lowest BCUT2D eigenvalue weighted by Crippen LogP contribution is -2.39. The third-order valence-corrected chi connectivity index (χ3v) is 3.74. The molecule has 0 spiro atoms. The number of carbonyl (C=O) groups excluding carboxylic acids is 1. The second-order valence-electron chi connectivity index (χ2n) is 4.50. The molecule has 0 aromatic heterocycles. The van der Waals surface area contributed by atoms with E-state index in [0.29, 0.717) is 12.0 Å². The molecule has 2 unspecified atom stereocenters. The third kappa shape index (κ3) is 3.67. The van der Waals surface area contributed by atoms with Gasteiger partial charge in [0, 0.05) is 15.2 Å². The predicted octanol–water partition coefficient (Wildman–Crippen LogP) is 2.32. The number of carbonyl (C=O) groups is 1. The molecule has 17 heavy (non-hydrogen) atoms. The van der Waals surface area contributed by atoms with Crippen molar-refractivity contribution in [3.8, 4) is 0 Å². The second kappa shape index (κ2) is 5.82. The summed E-state index contributed by atoms with van der Waals surface area (Å²) >= 11 is 2.19. The molecule has 0 aliphatic heterocycles. The van der Waals surface area contributed by atoms with E-state index in [-0.39, 0.29) is 18.1 Å². The Morgan fingerprint density at radius 2 is 2.24 bits per heavy atom. The molecule has 1 amide bonds. The van der Waals surface area contributed by atoms with Crippen LogP contribution in [0.3, 0.4) is 0 Å². The zero-order valence-electron chi connectivity index (χ0n) is 9.53. The molecule has 1 aromatic carbocycles. The fourth-order valence-corrected chi connectivity index (χ4v) is 2.74. The molecule has 1 aromatic rings. The number of amides is 1. The highest BCUT2D eigenvalue weighted by Crippen LogP contribution is 2.19. The molecule has 0 saturated heterocycles. The van der Waals surface area contributed by atoms with Gasteiger partial charge in [0.15, 0.2) is 0 Å². The van der Waals surface area contributed by atoms with Crippen molar-refractivity contribution in [1.82, 2.24) is 5.32 Å². The highest BCUT2D eigenvalue weighted by molar-refractivity contribution is 14.1. The minimum Gasteiger partial charge on any atom is -0.393 e. The Balaban J connectivity index is 1.97. The summed E-state index contributed by atoms with van der Waals surface area (Å²) < 4.78 is 1.05. The maximum absolute atomic E-state index is 12.0. The van der Waals surface area contributed by atoms with E-state index in [0.717, 1.165) is 22.8 Å². The van der Waals surface area contributed by atoms with E-state index < -0.39 is 0 Å². The topological polar surface area (TPSA) is 49.3 Å². The lowest BCUT2D eigenvalue weighted by atomic mass is 9.93. The molecule has 2 rings (SSSR count). The Labute approximate surface area is 115 Å². The Kier molecular flexibility index (Phi) is 4.39. The average molecular weight is 345 g/mol. The molecule has 92 valence electrons. The van der Waals surface area contributed by atoms with Crippen molar-refractivity contribution in [1.29, 1.82) is 0 Å². The van der Waals surface area contributed by atoms with Crippen LogP contribution in [0.2, 0.25) is 0 Å². The van der Waals surface area contributed by atoms with Crippen LogP contribution in [0.4, 0.5) is 0 Å². The molecule has 2 atom stereocenters. The van der Waals surface area contributed by atoms with Crippen molar-refractivity contribution in [2.24, 2.45) is 0 Å². The van der Waals surface area contributed by atoms with Crippen LogP contribution in [0.1, 0.15) is 36.0 Å². The van der Waals surface area contributed by atoms with Crippen LogP contribution < -0.4 is 5.32 Å². The van der Waals surface area contributed by atoms with Gasteiger partial charge in [-0.25, -0.2) is 0 Å². The minimum absolute atomic E-state index is 0.0392. The van der Waals surface area contributed by atoms with Crippen molar-refractivity contribution in [2.75, 3.05) is 0 Å². The fourth-order valence-electron chi connectivity index (χ4n) is 2.19. The molecule has 1 saturated carbocycles. The molecule has 2 N–H and O–H groups in total. The lowest BCUT2D eigenvalue weighted by molar-refractivity contribution is 0.0850. The quantitative estimate of drug-likeness (QED) is 0.809. The zero-order valence-corrected chi connectivity index (χ0v) is 11.7. The summed E-state index contributed by atoms with van der Waals surface area (Å²) in [5, 5.41) is 12.5. The van der Waals surface area contributed by atoms with Crippen LogP contribution >= 0.6 is 22.6 Å². The van der Waals surface area contributed by atoms with Gasteiger partial charge in [0.2, 0.25) is 0 Å². The van der Waals surface area contributed by atoms with E-state index in [9.17, 15) is 9.90 Å². The fraction of sp³-hybridized carbons (Fsp3) is 0.462. The van der Waals surface area contributed by atoms with Gasteiger partial charge in [-0.1, -0.05) is 6.07 Å². The van der Waals surface area contributed by atoms with Gasteiger partial charge in [0.25, 0.3) is 5.91 Å². The largest absolute Gasteiger partial charge is 0.393 e. The van der Waals surface area contributed by atoms with E-state index in [1.165, 1.54) is 0 Å². The first kappa shape index (κ1) is 12.8. The third-order valence-electron chi connectivity index (χ3n) is 3.07. The Morgan fingerprint density at radius 1 is 1.41 bits per heavy atom. The minimum atomic E-state index is -0.259. The smallest absolute Gasteiger partial charge is 0.251 e. The van der Waals surface area contributed by atoms with Crippen molar-refractivity contribution < 1.29 is 9.90 Å². The number of halogens is 1. The van der Waals surface area contributed by atoms with Crippen LogP contribution in [-0.2, 0) is 0 Å². The average Bonchev–Trinajstić information content (AvgIpc) is 2.29. The summed E-state index contributed by atoms with van der Waals surface area (Å²) in [4.78, 5) is 12.0. The van der Waals surface area contributed by atoms with Gasteiger partial charge in [-0.3, -0.25) is 4.79 Å². The van der Waals surface area contributed by atoms with Crippen LogP contribution in [0.15, 0.2) is 24.3 Å². The summed E-state index contributed by atoms with van der Waals surface area (Å²) in [5.41, 5.74) is 0.692. The lowest BCUT2D eigenvalue weighted by Gasteiger charge is -2.26. The van der Waals surface area contributed by atoms with Gasteiger partial charge < -0.3 is 10.4 Å². The first-order valence-electron chi connectivity index (χ1n) is 5.89.